The average molecular weight is 263 g/mol. The largest absolute Gasteiger partial charge is 0.342 e. The minimum atomic E-state index is -0.334. The number of piperazine rings is 1. The zero-order valence-electron chi connectivity index (χ0n) is 10.9. The molecule has 0 aromatic carbocycles. The Morgan fingerprint density at radius 3 is 2.89 bits per heavy atom. The van der Waals surface area contributed by atoms with Crippen LogP contribution in [0.4, 0.5) is 0 Å². The molecule has 1 atom stereocenters. The van der Waals surface area contributed by atoms with Crippen LogP contribution in [0.3, 0.4) is 0 Å². The number of aryl methyl sites for hydroxylation is 1. The van der Waals surface area contributed by atoms with E-state index in [4.69, 9.17) is 0 Å². The lowest BCUT2D eigenvalue weighted by Crippen LogP contribution is -2.58. The number of carbonyl (C=O) groups is 2. The Kier molecular flexibility index (Phi) is 2.96. The molecule has 3 rings (SSSR count). The number of hydrogen-bond acceptors (Lipinski definition) is 4. The Morgan fingerprint density at radius 1 is 1.42 bits per heavy atom. The minimum Gasteiger partial charge on any atom is -0.342 e. The predicted molar refractivity (Wildman–Crippen MR) is 65.8 cm³/mol. The van der Waals surface area contributed by atoms with Crippen molar-refractivity contribution in [3.63, 3.8) is 0 Å². The first kappa shape index (κ1) is 12.1. The smallest absolute Gasteiger partial charge is 0.246 e. The van der Waals surface area contributed by atoms with Crippen molar-refractivity contribution in [2.75, 3.05) is 6.54 Å². The van der Waals surface area contributed by atoms with Crippen LogP contribution >= 0.6 is 0 Å². The zero-order chi connectivity index (χ0) is 13.4. The van der Waals surface area contributed by atoms with E-state index in [2.05, 4.69) is 15.4 Å². The molecule has 102 valence electrons. The summed E-state index contributed by atoms with van der Waals surface area (Å²) in [6.45, 7) is 3.13. The summed E-state index contributed by atoms with van der Waals surface area (Å²) in [5.74, 6) is 0.968. The number of rotatable bonds is 4. The maximum absolute atomic E-state index is 12.3. The van der Waals surface area contributed by atoms with Gasteiger partial charge in [0.05, 0.1) is 6.54 Å². The van der Waals surface area contributed by atoms with Crippen LogP contribution in [0.5, 0.6) is 0 Å². The lowest BCUT2D eigenvalue weighted by Gasteiger charge is -2.32. The Bertz CT molecular complexity index is 508. The van der Waals surface area contributed by atoms with Gasteiger partial charge in [-0.1, -0.05) is 0 Å². The van der Waals surface area contributed by atoms with Gasteiger partial charge in [0.2, 0.25) is 11.8 Å². The summed E-state index contributed by atoms with van der Waals surface area (Å²) in [4.78, 5) is 29.8. The van der Waals surface area contributed by atoms with Gasteiger partial charge in [-0.2, -0.15) is 5.10 Å². The van der Waals surface area contributed by atoms with Gasteiger partial charge >= 0.3 is 0 Å². The van der Waals surface area contributed by atoms with E-state index in [1.54, 1.807) is 9.58 Å². The maximum Gasteiger partial charge on any atom is 0.246 e. The topological polar surface area (TPSA) is 80.1 Å². The molecule has 0 bridgehead atoms. The van der Waals surface area contributed by atoms with Crippen LogP contribution in [0.25, 0.3) is 0 Å². The van der Waals surface area contributed by atoms with Gasteiger partial charge in [-0.3, -0.25) is 9.59 Å². The van der Waals surface area contributed by atoms with E-state index in [1.807, 2.05) is 6.92 Å². The van der Waals surface area contributed by atoms with E-state index in [1.165, 1.54) is 6.33 Å². The highest BCUT2D eigenvalue weighted by atomic mass is 16.2. The Labute approximate surface area is 111 Å². The van der Waals surface area contributed by atoms with E-state index < -0.39 is 0 Å². The summed E-state index contributed by atoms with van der Waals surface area (Å²) in [5.41, 5.74) is 0. The number of aromatic nitrogens is 3. The molecule has 2 heterocycles. The molecule has 2 fully saturated rings. The third-order valence-electron chi connectivity index (χ3n) is 3.65. The molecule has 2 aliphatic rings. The summed E-state index contributed by atoms with van der Waals surface area (Å²) in [5, 5.41) is 6.87. The summed E-state index contributed by atoms with van der Waals surface area (Å²) >= 11 is 0. The molecule has 0 spiro atoms. The lowest BCUT2D eigenvalue weighted by atomic mass is 10.1. The van der Waals surface area contributed by atoms with Gasteiger partial charge in [0.1, 0.15) is 24.7 Å². The normalized spacial score (nSPS) is 23.6. The van der Waals surface area contributed by atoms with Crippen molar-refractivity contribution in [1.82, 2.24) is 25.0 Å². The molecular weight excluding hydrogens is 246 g/mol. The maximum atomic E-state index is 12.3. The fourth-order valence-electron chi connectivity index (χ4n) is 2.46. The highest BCUT2D eigenvalue weighted by molar-refractivity contribution is 5.95. The molecule has 1 aromatic rings. The van der Waals surface area contributed by atoms with Gasteiger partial charge in [-0.15, -0.1) is 0 Å². The quantitative estimate of drug-likeness (QED) is 0.796. The van der Waals surface area contributed by atoms with Crippen molar-refractivity contribution in [2.24, 2.45) is 5.92 Å². The van der Waals surface area contributed by atoms with Gasteiger partial charge in [0.25, 0.3) is 0 Å². The first-order valence-corrected chi connectivity index (χ1v) is 6.64. The standard InChI is InChI=1S/C12H17N5O2/c1-2-17-9(13-7-14-17)5-16-6-10(18)15-11(12(16)19)8-3-4-8/h7-8,11H,2-6H2,1H3,(H,15,18). The van der Waals surface area contributed by atoms with Gasteiger partial charge in [0.15, 0.2) is 0 Å². The molecular formula is C12H17N5O2. The molecule has 1 N–H and O–H groups in total. The molecule has 1 aliphatic carbocycles. The average Bonchev–Trinajstić information content (AvgIpc) is 3.14. The predicted octanol–water partition coefficient (Wildman–Crippen LogP) is -0.465. The third kappa shape index (κ3) is 2.32. The first-order valence-electron chi connectivity index (χ1n) is 6.64. The van der Waals surface area contributed by atoms with Crippen molar-refractivity contribution < 1.29 is 9.59 Å². The van der Waals surface area contributed by atoms with Gasteiger partial charge < -0.3 is 10.2 Å². The number of amides is 2. The van der Waals surface area contributed by atoms with Crippen LogP contribution in [0, 0.1) is 5.92 Å². The Hall–Kier alpha value is -1.92. The Morgan fingerprint density at radius 2 is 2.21 bits per heavy atom. The number of hydrogen-bond donors (Lipinski definition) is 1. The first-order chi connectivity index (χ1) is 9.19. The second-order valence-corrected chi connectivity index (χ2v) is 5.07. The summed E-state index contributed by atoms with van der Waals surface area (Å²) in [6, 6.07) is -0.334. The van der Waals surface area contributed by atoms with E-state index in [9.17, 15) is 9.59 Å². The fraction of sp³-hybridized carbons (Fsp3) is 0.667. The van der Waals surface area contributed by atoms with Crippen molar-refractivity contribution in [2.45, 2.75) is 38.9 Å². The van der Waals surface area contributed by atoms with Crippen LogP contribution in [0.2, 0.25) is 0 Å². The van der Waals surface area contributed by atoms with Crippen LogP contribution in [0.1, 0.15) is 25.6 Å². The monoisotopic (exact) mass is 263 g/mol. The Balaban J connectivity index is 1.75. The number of nitrogens with one attached hydrogen (secondary N) is 1. The lowest BCUT2D eigenvalue weighted by molar-refractivity contribution is -0.145. The van der Waals surface area contributed by atoms with Crippen LogP contribution in [0.15, 0.2) is 6.33 Å². The molecule has 0 radical (unpaired) electrons. The van der Waals surface area contributed by atoms with Crippen LogP contribution in [-0.2, 0) is 22.7 Å². The third-order valence-corrected chi connectivity index (χ3v) is 3.65. The van der Waals surface area contributed by atoms with E-state index in [-0.39, 0.29) is 24.4 Å². The number of nitrogens with zero attached hydrogens (tertiary/aromatic N) is 4. The summed E-state index contributed by atoms with van der Waals surface area (Å²) < 4.78 is 1.74. The fourth-order valence-corrected chi connectivity index (χ4v) is 2.46. The van der Waals surface area contributed by atoms with Crippen molar-refractivity contribution >= 4 is 11.8 Å². The number of carbonyl (C=O) groups excluding carboxylic acids is 2. The summed E-state index contributed by atoms with van der Waals surface area (Å²) in [6.07, 6.45) is 3.52. The molecule has 1 saturated carbocycles. The SMILES string of the molecule is CCn1ncnc1CN1CC(=O)NC(C2CC2)C1=O. The minimum absolute atomic E-state index is 0.00718. The molecule has 19 heavy (non-hydrogen) atoms. The highest BCUT2D eigenvalue weighted by Crippen LogP contribution is 2.34. The van der Waals surface area contributed by atoms with Crippen LogP contribution in [-0.4, -0.2) is 44.1 Å². The summed E-state index contributed by atoms with van der Waals surface area (Å²) in [7, 11) is 0. The van der Waals surface area contributed by atoms with E-state index in [0.29, 0.717) is 19.0 Å². The van der Waals surface area contributed by atoms with E-state index >= 15 is 0 Å². The molecule has 1 aliphatic heterocycles. The van der Waals surface area contributed by atoms with Crippen molar-refractivity contribution in [3.8, 4) is 0 Å². The highest BCUT2D eigenvalue weighted by Gasteiger charge is 2.42. The molecule has 7 nitrogen and oxygen atoms in total. The van der Waals surface area contributed by atoms with Crippen molar-refractivity contribution in [3.05, 3.63) is 12.2 Å². The molecule has 2 amide bonds. The van der Waals surface area contributed by atoms with Crippen molar-refractivity contribution in [1.29, 1.82) is 0 Å². The molecule has 7 heteroatoms. The van der Waals surface area contributed by atoms with E-state index in [0.717, 1.165) is 18.7 Å². The van der Waals surface area contributed by atoms with Gasteiger partial charge in [-0.25, -0.2) is 9.67 Å². The molecule has 1 saturated heterocycles. The second-order valence-electron chi connectivity index (χ2n) is 5.07. The molecule has 1 unspecified atom stereocenters. The van der Waals surface area contributed by atoms with Gasteiger partial charge in [0, 0.05) is 6.54 Å². The zero-order valence-corrected chi connectivity index (χ0v) is 10.9. The van der Waals surface area contributed by atoms with Crippen LogP contribution < -0.4 is 5.32 Å². The molecule has 1 aromatic heterocycles. The second kappa shape index (κ2) is 4.64. The van der Waals surface area contributed by atoms with Gasteiger partial charge in [-0.05, 0) is 25.7 Å².